The van der Waals surface area contributed by atoms with Gasteiger partial charge in [0, 0.05) is 25.0 Å². The van der Waals surface area contributed by atoms with Gasteiger partial charge in [0.15, 0.2) is 0 Å². The maximum atomic E-state index is 11.9. The summed E-state index contributed by atoms with van der Waals surface area (Å²) < 4.78 is 5.02. The molecule has 0 aromatic heterocycles. The molecule has 0 aliphatic rings. The van der Waals surface area contributed by atoms with Crippen LogP contribution in [-0.4, -0.2) is 35.6 Å². The molecule has 5 nitrogen and oxygen atoms in total. The number of rotatable bonds is 10. The van der Waals surface area contributed by atoms with Crippen molar-refractivity contribution < 1.29 is 19.4 Å². The lowest BCUT2D eigenvalue weighted by Crippen LogP contribution is -2.13. The van der Waals surface area contributed by atoms with E-state index in [1.54, 1.807) is 31.0 Å². The predicted molar refractivity (Wildman–Crippen MR) is 89.6 cm³/mol. The van der Waals surface area contributed by atoms with Gasteiger partial charge in [-0.25, -0.2) is 4.79 Å². The molecule has 0 saturated carbocycles. The zero-order valence-electron chi connectivity index (χ0n) is 13.1. The first-order valence-corrected chi connectivity index (χ1v) is 8.46. The van der Waals surface area contributed by atoms with Crippen molar-refractivity contribution in [2.24, 2.45) is 0 Å². The SMILES string of the molecule is CCCCSCCC(=O)Nc1cc(COC)cc(C(=O)O)c1. The number of thioether (sulfide) groups is 1. The molecule has 1 rings (SSSR count). The van der Waals surface area contributed by atoms with Crippen molar-refractivity contribution in [1.29, 1.82) is 0 Å². The quantitative estimate of drug-likeness (QED) is 0.645. The average molecular weight is 325 g/mol. The molecule has 22 heavy (non-hydrogen) atoms. The number of carboxylic acid groups (broad SMARTS) is 1. The van der Waals surface area contributed by atoms with Crippen LogP contribution in [0.3, 0.4) is 0 Å². The number of carbonyl (C=O) groups excluding carboxylic acids is 1. The fourth-order valence-electron chi connectivity index (χ4n) is 1.87. The van der Waals surface area contributed by atoms with E-state index in [0.29, 0.717) is 18.7 Å². The molecule has 1 amide bonds. The predicted octanol–water partition coefficient (Wildman–Crippen LogP) is 3.39. The number of hydrogen-bond acceptors (Lipinski definition) is 4. The first-order chi connectivity index (χ1) is 10.6. The van der Waals surface area contributed by atoms with Gasteiger partial charge >= 0.3 is 5.97 Å². The summed E-state index contributed by atoms with van der Waals surface area (Å²) in [6, 6.07) is 4.74. The average Bonchev–Trinajstić information content (AvgIpc) is 2.47. The molecule has 0 aliphatic heterocycles. The van der Waals surface area contributed by atoms with E-state index in [0.717, 1.165) is 29.9 Å². The zero-order valence-corrected chi connectivity index (χ0v) is 13.9. The maximum Gasteiger partial charge on any atom is 0.335 e. The lowest BCUT2D eigenvalue weighted by atomic mass is 10.1. The van der Waals surface area contributed by atoms with Crippen LogP contribution in [0.4, 0.5) is 5.69 Å². The van der Waals surface area contributed by atoms with Crippen molar-refractivity contribution in [3.8, 4) is 0 Å². The molecule has 2 N–H and O–H groups in total. The highest BCUT2D eigenvalue weighted by Gasteiger charge is 2.09. The van der Waals surface area contributed by atoms with E-state index in [-0.39, 0.29) is 11.5 Å². The number of benzene rings is 1. The number of unbranched alkanes of at least 4 members (excludes halogenated alkanes) is 1. The third kappa shape index (κ3) is 6.95. The third-order valence-corrected chi connectivity index (χ3v) is 4.02. The van der Waals surface area contributed by atoms with Crippen molar-refractivity contribution in [2.75, 3.05) is 23.9 Å². The third-order valence-electron chi connectivity index (χ3n) is 2.95. The number of amides is 1. The maximum absolute atomic E-state index is 11.9. The van der Waals surface area contributed by atoms with Crippen LogP contribution in [0.25, 0.3) is 0 Å². The molecule has 0 saturated heterocycles. The van der Waals surface area contributed by atoms with Gasteiger partial charge in [-0.3, -0.25) is 4.79 Å². The Labute approximate surface area is 135 Å². The van der Waals surface area contributed by atoms with Gasteiger partial charge in [0.2, 0.25) is 5.91 Å². The molecule has 0 fully saturated rings. The van der Waals surface area contributed by atoms with Crippen molar-refractivity contribution in [1.82, 2.24) is 0 Å². The Bertz CT molecular complexity index is 505. The number of ether oxygens (including phenoxy) is 1. The number of methoxy groups -OCH3 is 1. The summed E-state index contributed by atoms with van der Waals surface area (Å²) >= 11 is 1.76. The largest absolute Gasteiger partial charge is 0.478 e. The van der Waals surface area contributed by atoms with Gasteiger partial charge in [-0.15, -0.1) is 0 Å². The Morgan fingerprint density at radius 1 is 1.27 bits per heavy atom. The van der Waals surface area contributed by atoms with Crippen molar-refractivity contribution in [3.63, 3.8) is 0 Å². The highest BCUT2D eigenvalue weighted by atomic mass is 32.2. The van der Waals surface area contributed by atoms with Crippen LogP contribution in [0.5, 0.6) is 0 Å². The molecule has 0 radical (unpaired) electrons. The van der Waals surface area contributed by atoms with Gasteiger partial charge in [0.25, 0.3) is 0 Å². The topological polar surface area (TPSA) is 75.6 Å². The summed E-state index contributed by atoms with van der Waals surface area (Å²) in [5, 5.41) is 11.9. The van der Waals surface area contributed by atoms with E-state index in [2.05, 4.69) is 12.2 Å². The van der Waals surface area contributed by atoms with Gasteiger partial charge in [-0.1, -0.05) is 13.3 Å². The fraction of sp³-hybridized carbons (Fsp3) is 0.500. The van der Waals surface area contributed by atoms with Crippen molar-refractivity contribution in [3.05, 3.63) is 29.3 Å². The Morgan fingerprint density at radius 3 is 2.68 bits per heavy atom. The fourth-order valence-corrected chi connectivity index (χ4v) is 2.90. The summed E-state index contributed by atoms with van der Waals surface area (Å²) in [6.45, 7) is 2.44. The number of nitrogens with one attached hydrogen (secondary N) is 1. The Balaban J connectivity index is 2.59. The van der Waals surface area contributed by atoms with Crippen LogP contribution < -0.4 is 5.32 Å². The summed E-state index contributed by atoms with van der Waals surface area (Å²) in [5.74, 6) is 0.713. The second-order valence-electron chi connectivity index (χ2n) is 4.92. The van der Waals surface area contributed by atoms with E-state index < -0.39 is 5.97 Å². The second kappa shape index (κ2) is 10.2. The lowest BCUT2D eigenvalue weighted by Gasteiger charge is -2.09. The summed E-state index contributed by atoms with van der Waals surface area (Å²) in [6.07, 6.45) is 2.74. The first-order valence-electron chi connectivity index (χ1n) is 7.30. The van der Waals surface area contributed by atoms with E-state index in [9.17, 15) is 9.59 Å². The van der Waals surface area contributed by atoms with Gasteiger partial charge in [-0.2, -0.15) is 11.8 Å². The minimum absolute atomic E-state index is 0.102. The monoisotopic (exact) mass is 325 g/mol. The standard InChI is InChI=1S/C16H23NO4S/c1-3-4-6-22-7-5-15(18)17-14-9-12(11-21-2)8-13(10-14)16(19)20/h8-10H,3-7,11H2,1-2H3,(H,17,18)(H,19,20). The molecular formula is C16H23NO4S. The van der Waals surface area contributed by atoms with Crippen LogP contribution in [0.2, 0.25) is 0 Å². The zero-order chi connectivity index (χ0) is 16.4. The van der Waals surface area contributed by atoms with E-state index >= 15 is 0 Å². The summed E-state index contributed by atoms with van der Waals surface area (Å²) in [5.41, 5.74) is 1.35. The van der Waals surface area contributed by atoms with Crippen molar-refractivity contribution in [2.45, 2.75) is 32.8 Å². The minimum Gasteiger partial charge on any atom is -0.478 e. The molecule has 0 heterocycles. The normalized spacial score (nSPS) is 10.5. The minimum atomic E-state index is -1.02. The highest BCUT2D eigenvalue weighted by Crippen LogP contribution is 2.17. The van der Waals surface area contributed by atoms with Crippen LogP contribution >= 0.6 is 11.8 Å². The Morgan fingerprint density at radius 2 is 2.05 bits per heavy atom. The van der Waals surface area contributed by atoms with Crippen LogP contribution in [0.1, 0.15) is 42.1 Å². The molecule has 1 aromatic carbocycles. The number of carboxylic acids is 1. The molecule has 0 spiro atoms. The molecule has 0 unspecified atom stereocenters. The van der Waals surface area contributed by atoms with Crippen LogP contribution in [-0.2, 0) is 16.1 Å². The smallest absolute Gasteiger partial charge is 0.335 e. The van der Waals surface area contributed by atoms with Gasteiger partial charge in [0.1, 0.15) is 0 Å². The Kier molecular flexibility index (Phi) is 8.62. The number of anilines is 1. The molecule has 0 bridgehead atoms. The molecular weight excluding hydrogens is 302 g/mol. The number of carbonyl (C=O) groups is 2. The van der Waals surface area contributed by atoms with E-state index in [4.69, 9.17) is 9.84 Å². The summed E-state index contributed by atoms with van der Waals surface area (Å²) in [7, 11) is 1.54. The van der Waals surface area contributed by atoms with Crippen molar-refractivity contribution >= 4 is 29.3 Å². The molecule has 0 aliphatic carbocycles. The van der Waals surface area contributed by atoms with Gasteiger partial charge < -0.3 is 15.2 Å². The van der Waals surface area contributed by atoms with Crippen LogP contribution in [0.15, 0.2) is 18.2 Å². The molecule has 122 valence electrons. The van der Waals surface area contributed by atoms with Crippen LogP contribution in [0, 0.1) is 0 Å². The molecule has 0 atom stereocenters. The van der Waals surface area contributed by atoms with E-state index in [1.165, 1.54) is 6.07 Å². The number of hydrogen-bond donors (Lipinski definition) is 2. The number of aromatic carboxylic acids is 1. The highest BCUT2D eigenvalue weighted by molar-refractivity contribution is 7.99. The Hall–Kier alpha value is -1.53. The van der Waals surface area contributed by atoms with Gasteiger partial charge in [0.05, 0.1) is 12.2 Å². The molecule has 1 aromatic rings. The van der Waals surface area contributed by atoms with Gasteiger partial charge in [-0.05, 0) is 35.9 Å². The first kappa shape index (κ1) is 18.5. The van der Waals surface area contributed by atoms with E-state index in [1.807, 2.05) is 0 Å². The molecule has 6 heteroatoms. The lowest BCUT2D eigenvalue weighted by molar-refractivity contribution is -0.115. The second-order valence-corrected chi connectivity index (χ2v) is 6.15. The summed E-state index contributed by atoms with van der Waals surface area (Å²) in [4.78, 5) is 23.0.